The topological polar surface area (TPSA) is 86.8 Å². The van der Waals surface area contributed by atoms with Gasteiger partial charge in [0, 0.05) is 31.1 Å². The summed E-state index contributed by atoms with van der Waals surface area (Å²) in [5, 5.41) is 3.34. The van der Waals surface area contributed by atoms with Gasteiger partial charge in [-0.25, -0.2) is 8.42 Å². The molecule has 0 aliphatic heterocycles. The fraction of sp³-hybridized carbons (Fsp3) is 0.481. The summed E-state index contributed by atoms with van der Waals surface area (Å²) in [6, 6.07) is 12.2. The number of carbonyl (C=O) groups is 2. The van der Waals surface area contributed by atoms with Crippen LogP contribution < -0.4 is 9.62 Å². The number of nitrogens with zero attached hydrogens (tertiary/aromatic N) is 2. The average molecular weight is 536 g/mol. The van der Waals surface area contributed by atoms with Gasteiger partial charge in [0.2, 0.25) is 21.8 Å². The second-order valence-corrected chi connectivity index (χ2v) is 12.0. The highest BCUT2D eigenvalue weighted by atomic mass is 35.5. The molecule has 0 heterocycles. The Bertz CT molecular complexity index is 1170. The molecule has 1 atom stereocenters. The van der Waals surface area contributed by atoms with Crippen LogP contribution in [0.1, 0.15) is 50.3 Å². The number of hydrogen-bond acceptors (Lipinski definition) is 4. The number of hydrogen-bond donors (Lipinski definition) is 1. The average Bonchev–Trinajstić information content (AvgIpc) is 2.79. The first kappa shape index (κ1) is 29.6. The van der Waals surface area contributed by atoms with Gasteiger partial charge in [-0.1, -0.05) is 61.3 Å². The van der Waals surface area contributed by atoms with E-state index in [1.807, 2.05) is 52.0 Å². The Balaban J connectivity index is 2.19. The normalized spacial score (nSPS) is 12.3. The molecule has 2 amide bonds. The van der Waals surface area contributed by atoms with E-state index < -0.39 is 16.1 Å². The summed E-state index contributed by atoms with van der Waals surface area (Å²) < 4.78 is 26.4. The Kier molecular flexibility index (Phi) is 10.8. The summed E-state index contributed by atoms with van der Waals surface area (Å²) >= 11 is 6.11. The van der Waals surface area contributed by atoms with Crippen molar-refractivity contribution in [3.05, 3.63) is 64.2 Å². The number of benzene rings is 2. The molecular formula is C27H38ClN3O4S. The Morgan fingerprint density at radius 2 is 1.75 bits per heavy atom. The van der Waals surface area contributed by atoms with E-state index in [0.717, 1.165) is 22.9 Å². The van der Waals surface area contributed by atoms with Crippen LogP contribution in [0.15, 0.2) is 42.5 Å². The quantitative estimate of drug-likeness (QED) is 0.427. The molecule has 36 heavy (non-hydrogen) atoms. The van der Waals surface area contributed by atoms with Gasteiger partial charge in [-0.3, -0.25) is 13.9 Å². The molecule has 0 saturated heterocycles. The zero-order chi connectivity index (χ0) is 27.0. The van der Waals surface area contributed by atoms with Crippen LogP contribution in [0, 0.1) is 19.8 Å². The van der Waals surface area contributed by atoms with Crippen LogP contribution >= 0.6 is 11.6 Å². The van der Waals surface area contributed by atoms with Crippen LogP contribution in [-0.2, 0) is 26.2 Å². The monoisotopic (exact) mass is 535 g/mol. The predicted molar refractivity (Wildman–Crippen MR) is 147 cm³/mol. The van der Waals surface area contributed by atoms with Crippen molar-refractivity contribution in [2.75, 3.05) is 23.7 Å². The second kappa shape index (κ2) is 13.1. The van der Waals surface area contributed by atoms with Crippen molar-refractivity contribution in [3.63, 3.8) is 0 Å². The van der Waals surface area contributed by atoms with Crippen molar-refractivity contribution >= 4 is 39.1 Å². The van der Waals surface area contributed by atoms with Crippen LogP contribution in [0.4, 0.5) is 5.69 Å². The van der Waals surface area contributed by atoms with E-state index in [0.29, 0.717) is 36.1 Å². The number of carbonyl (C=O) groups excluding carboxylic acids is 2. The summed E-state index contributed by atoms with van der Waals surface area (Å²) in [7, 11) is -3.59. The van der Waals surface area contributed by atoms with Crippen LogP contribution in [-0.4, -0.2) is 50.5 Å². The highest BCUT2D eigenvalue weighted by molar-refractivity contribution is 7.92. The standard InChI is InChI=1S/C27H38ClN3O4S/c1-19(2)17-29-27(33)22(5)30(18-23-10-7-9-20(3)15-23)26(32)11-8-14-31(36(6,34)35)25-16-24(28)13-12-21(25)4/h7,9-10,12-13,15-16,19,22H,8,11,14,17-18H2,1-6H3,(H,29,33). The van der Waals surface area contributed by atoms with E-state index in [1.165, 1.54) is 4.31 Å². The molecule has 7 nitrogen and oxygen atoms in total. The highest BCUT2D eigenvalue weighted by Gasteiger charge is 2.27. The van der Waals surface area contributed by atoms with Crippen molar-refractivity contribution < 1.29 is 18.0 Å². The Morgan fingerprint density at radius 3 is 2.36 bits per heavy atom. The lowest BCUT2D eigenvalue weighted by Crippen LogP contribution is -2.48. The van der Waals surface area contributed by atoms with E-state index in [-0.39, 0.29) is 24.8 Å². The Labute approximate surface area is 220 Å². The minimum Gasteiger partial charge on any atom is -0.354 e. The fourth-order valence-electron chi connectivity index (χ4n) is 3.88. The van der Waals surface area contributed by atoms with E-state index >= 15 is 0 Å². The number of anilines is 1. The Hall–Kier alpha value is -2.58. The van der Waals surface area contributed by atoms with E-state index in [4.69, 9.17) is 11.6 Å². The molecule has 0 aliphatic carbocycles. The number of aryl methyl sites for hydroxylation is 2. The van der Waals surface area contributed by atoms with Crippen LogP contribution in [0.5, 0.6) is 0 Å². The molecule has 0 fully saturated rings. The molecule has 1 N–H and O–H groups in total. The lowest BCUT2D eigenvalue weighted by Gasteiger charge is -2.30. The van der Waals surface area contributed by atoms with Crippen LogP contribution in [0.25, 0.3) is 0 Å². The lowest BCUT2D eigenvalue weighted by atomic mass is 10.1. The van der Waals surface area contributed by atoms with Crippen molar-refractivity contribution in [1.82, 2.24) is 10.2 Å². The molecule has 0 bridgehead atoms. The first-order chi connectivity index (χ1) is 16.8. The zero-order valence-electron chi connectivity index (χ0n) is 22.0. The van der Waals surface area contributed by atoms with Gasteiger partial charge >= 0.3 is 0 Å². The smallest absolute Gasteiger partial charge is 0.242 e. The second-order valence-electron chi connectivity index (χ2n) is 9.70. The van der Waals surface area contributed by atoms with Gasteiger partial charge in [0.25, 0.3) is 0 Å². The lowest BCUT2D eigenvalue weighted by molar-refractivity contribution is -0.140. The van der Waals surface area contributed by atoms with Gasteiger partial charge in [0.1, 0.15) is 6.04 Å². The van der Waals surface area contributed by atoms with Crippen molar-refractivity contribution in [2.45, 2.75) is 60.0 Å². The SMILES string of the molecule is Cc1cccc(CN(C(=O)CCCN(c2cc(Cl)ccc2C)S(C)(=O)=O)C(C)C(=O)NCC(C)C)c1. The van der Waals surface area contributed by atoms with E-state index in [1.54, 1.807) is 30.0 Å². The van der Waals surface area contributed by atoms with Gasteiger partial charge in [0.15, 0.2) is 0 Å². The first-order valence-electron chi connectivity index (χ1n) is 12.2. The number of sulfonamides is 1. The maximum absolute atomic E-state index is 13.4. The van der Waals surface area contributed by atoms with Crippen molar-refractivity contribution in [2.24, 2.45) is 5.92 Å². The fourth-order valence-corrected chi connectivity index (χ4v) is 5.06. The zero-order valence-corrected chi connectivity index (χ0v) is 23.6. The van der Waals surface area contributed by atoms with Gasteiger partial charge < -0.3 is 10.2 Å². The Morgan fingerprint density at radius 1 is 1.06 bits per heavy atom. The molecule has 0 aliphatic rings. The molecule has 2 aromatic rings. The maximum Gasteiger partial charge on any atom is 0.242 e. The predicted octanol–water partition coefficient (Wildman–Crippen LogP) is 4.69. The summed E-state index contributed by atoms with van der Waals surface area (Å²) in [5.74, 6) is -0.129. The summed E-state index contributed by atoms with van der Waals surface area (Å²) in [6.45, 7) is 10.5. The molecule has 0 saturated carbocycles. The third-order valence-corrected chi connectivity index (χ3v) is 7.29. The molecule has 0 aromatic heterocycles. The molecule has 198 valence electrons. The molecular weight excluding hydrogens is 498 g/mol. The molecule has 0 radical (unpaired) electrons. The van der Waals surface area contributed by atoms with Gasteiger partial charge in [-0.2, -0.15) is 0 Å². The van der Waals surface area contributed by atoms with Crippen LogP contribution in [0.2, 0.25) is 5.02 Å². The van der Waals surface area contributed by atoms with E-state index in [9.17, 15) is 18.0 Å². The summed E-state index contributed by atoms with van der Waals surface area (Å²) in [6.07, 6.45) is 1.53. The number of amides is 2. The van der Waals surface area contributed by atoms with Gasteiger partial charge in [-0.05, 0) is 56.4 Å². The van der Waals surface area contributed by atoms with Gasteiger partial charge in [0.05, 0.1) is 11.9 Å². The minimum atomic E-state index is -3.59. The molecule has 1 unspecified atom stereocenters. The van der Waals surface area contributed by atoms with Crippen LogP contribution in [0.3, 0.4) is 0 Å². The minimum absolute atomic E-state index is 0.0965. The van der Waals surface area contributed by atoms with Gasteiger partial charge in [-0.15, -0.1) is 0 Å². The molecule has 9 heteroatoms. The molecule has 2 rings (SSSR count). The molecule has 0 spiro atoms. The summed E-state index contributed by atoms with van der Waals surface area (Å²) in [4.78, 5) is 27.7. The third-order valence-electron chi connectivity index (χ3n) is 5.88. The van der Waals surface area contributed by atoms with Crippen molar-refractivity contribution in [1.29, 1.82) is 0 Å². The highest BCUT2D eigenvalue weighted by Crippen LogP contribution is 2.27. The van der Waals surface area contributed by atoms with E-state index in [2.05, 4.69) is 5.32 Å². The summed E-state index contributed by atoms with van der Waals surface area (Å²) in [5.41, 5.74) is 3.26. The molecule has 2 aromatic carbocycles. The largest absolute Gasteiger partial charge is 0.354 e. The third kappa shape index (κ3) is 8.82. The first-order valence-corrected chi connectivity index (χ1v) is 14.4. The van der Waals surface area contributed by atoms with Crippen molar-refractivity contribution in [3.8, 4) is 0 Å². The number of nitrogens with one attached hydrogen (secondary N) is 1. The maximum atomic E-state index is 13.4. The number of halogens is 1. The number of rotatable bonds is 12.